The molecule has 4 rings (SSSR count). The summed E-state index contributed by atoms with van der Waals surface area (Å²) in [6, 6.07) is 17.5. The first kappa shape index (κ1) is 15.9. The van der Waals surface area contributed by atoms with Gasteiger partial charge in [-0.1, -0.05) is 42.5 Å². The molecule has 0 spiro atoms. The lowest BCUT2D eigenvalue weighted by molar-refractivity contribution is 0.415. The number of methoxy groups -OCH3 is 1. The molecule has 26 heavy (non-hydrogen) atoms. The van der Waals surface area contributed by atoms with E-state index < -0.39 is 0 Å². The second-order valence-electron chi connectivity index (χ2n) is 5.63. The van der Waals surface area contributed by atoms with Gasteiger partial charge < -0.3 is 9.15 Å². The minimum atomic E-state index is 0.263. The van der Waals surface area contributed by atoms with Gasteiger partial charge in [-0.15, -0.1) is 20.4 Å². The van der Waals surface area contributed by atoms with Crippen LogP contribution in [0, 0.1) is 0 Å². The van der Waals surface area contributed by atoms with Crippen LogP contribution in [-0.4, -0.2) is 37.5 Å². The van der Waals surface area contributed by atoms with E-state index in [4.69, 9.17) is 9.15 Å². The Morgan fingerprint density at radius 2 is 1.81 bits per heavy atom. The van der Waals surface area contributed by atoms with Crippen LogP contribution in [0.4, 0.5) is 0 Å². The number of rotatable bonds is 6. The lowest BCUT2D eigenvalue weighted by Crippen LogP contribution is -2.04. The van der Waals surface area contributed by atoms with Crippen LogP contribution in [0.5, 0.6) is 5.75 Å². The molecule has 4 aromatic rings. The average molecular weight is 348 g/mol. The van der Waals surface area contributed by atoms with Crippen molar-refractivity contribution in [3.05, 3.63) is 71.9 Å². The maximum atomic E-state index is 5.67. The van der Waals surface area contributed by atoms with Crippen LogP contribution in [0.2, 0.25) is 0 Å². The molecule has 0 atom stereocenters. The molecule has 0 saturated heterocycles. The highest BCUT2D eigenvalue weighted by Crippen LogP contribution is 2.20. The second-order valence-corrected chi connectivity index (χ2v) is 5.63. The molecule has 0 bridgehead atoms. The van der Waals surface area contributed by atoms with E-state index in [-0.39, 0.29) is 6.54 Å². The minimum Gasteiger partial charge on any atom is -0.497 e. The Morgan fingerprint density at radius 1 is 0.962 bits per heavy atom. The molecule has 0 aliphatic heterocycles. The highest BCUT2D eigenvalue weighted by Gasteiger charge is 2.11. The number of hydrogen-bond acceptors (Lipinski definition) is 7. The van der Waals surface area contributed by atoms with Crippen LogP contribution in [0.3, 0.4) is 0 Å². The van der Waals surface area contributed by atoms with Crippen LogP contribution in [0.25, 0.3) is 11.4 Å². The summed E-state index contributed by atoms with van der Waals surface area (Å²) >= 11 is 0. The van der Waals surface area contributed by atoms with E-state index in [9.17, 15) is 0 Å². The van der Waals surface area contributed by atoms with E-state index in [1.165, 1.54) is 4.80 Å². The molecule has 0 fully saturated rings. The van der Waals surface area contributed by atoms with Crippen LogP contribution in [0.15, 0.2) is 59.0 Å². The maximum absolute atomic E-state index is 5.67. The van der Waals surface area contributed by atoms with Crippen LogP contribution in [-0.2, 0) is 13.0 Å². The van der Waals surface area contributed by atoms with E-state index in [2.05, 4.69) is 25.6 Å². The molecule has 2 aromatic heterocycles. The summed E-state index contributed by atoms with van der Waals surface area (Å²) in [5, 5.41) is 20.6. The van der Waals surface area contributed by atoms with E-state index in [1.54, 1.807) is 7.11 Å². The van der Waals surface area contributed by atoms with E-state index in [0.29, 0.717) is 24.0 Å². The largest absolute Gasteiger partial charge is 0.497 e. The molecule has 0 N–H and O–H groups in total. The van der Waals surface area contributed by atoms with Gasteiger partial charge in [0, 0.05) is 5.56 Å². The minimum absolute atomic E-state index is 0.263. The zero-order chi connectivity index (χ0) is 17.8. The summed E-state index contributed by atoms with van der Waals surface area (Å²) < 4.78 is 10.9. The highest BCUT2D eigenvalue weighted by atomic mass is 16.5. The quantitative estimate of drug-likeness (QED) is 0.528. The zero-order valence-electron chi connectivity index (χ0n) is 14.1. The first-order valence-corrected chi connectivity index (χ1v) is 8.07. The smallest absolute Gasteiger partial charge is 0.239 e. The first-order valence-electron chi connectivity index (χ1n) is 8.07. The average Bonchev–Trinajstić information content (AvgIpc) is 3.33. The SMILES string of the molecule is COc1cccc(-c2nnn(Cc3nnc(Cc4ccccc4)o3)n2)c1. The van der Waals surface area contributed by atoms with Gasteiger partial charge in [0.1, 0.15) is 12.3 Å². The number of aromatic nitrogens is 6. The lowest BCUT2D eigenvalue weighted by Gasteiger charge is -2.00. The standard InChI is InChI=1S/C18H16N6O2/c1-25-15-9-5-8-14(11-15)18-21-23-24(22-18)12-17-20-19-16(26-17)10-13-6-3-2-4-7-13/h2-9,11H,10,12H2,1H3. The maximum Gasteiger partial charge on any atom is 0.239 e. The Hall–Kier alpha value is -3.55. The van der Waals surface area contributed by atoms with Gasteiger partial charge in [-0.25, -0.2) is 0 Å². The van der Waals surface area contributed by atoms with Crippen molar-refractivity contribution in [2.45, 2.75) is 13.0 Å². The van der Waals surface area contributed by atoms with Crippen LogP contribution < -0.4 is 4.74 Å². The van der Waals surface area contributed by atoms with Crippen LogP contribution in [0.1, 0.15) is 17.3 Å². The van der Waals surface area contributed by atoms with Crippen molar-refractivity contribution in [1.29, 1.82) is 0 Å². The fraction of sp³-hybridized carbons (Fsp3) is 0.167. The summed E-state index contributed by atoms with van der Waals surface area (Å²) in [6.45, 7) is 0.263. The monoisotopic (exact) mass is 348 g/mol. The van der Waals surface area contributed by atoms with Gasteiger partial charge in [-0.3, -0.25) is 0 Å². The molecule has 0 unspecified atom stereocenters. The molecule has 8 nitrogen and oxygen atoms in total. The third kappa shape index (κ3) is 3.59. The van der Waals surface area contributed by atoms with E-state index >= 15 is 0 Å². The number of benzene rings is 2. The molecular formula is C18H16N6O2. The first-order chi connectivity index (χ1) is 12.8. The number of ether oxygens (including phenoxy) is 1. The molecule has 0 saturated carbocycles. The molecule has 2 aromatic carbocycles. The molecule has 0 aliphatic rings. The van der Waals surface area contributed by atoms with Crippen molar-refractivity contribution in [2.24, 2.45) is 0 Å². The zero-order valence-corrected chi connectivity index (χ0v) is 14.1. The van der Waals surface area contributed by atoms with Crippen molar-refractivity contribution in [1.82, 2.24) is 30.4 Å². The summed E-state index contributed by atoms with van der Waals surface area (Å²) in [6.07, 6.45) is 0.591. The Bertz CT molecular complexity index is 996. The molecule has 0 aliphatic carbocycles. The Balaban J connectivity index is 1.46. The summed E-state index contributed by atoms with van der Waals surface area (Å²) in [7, 11) is 1.62. The van der Waals surface area contributed by atoms with Gasteiger partial charge in [0.2, 0.25) is 17.6 Å². The number of tetrazole rings is 1. The van der Waals surface area contributed by atoms with E-state index in [0.717, 1.165) is 16.9 Å². The van der Waals surface area contributed by atoms with Gasteiger partial charge in [0.05, 0.1) is 13.5 Å². The van der Waals surface area contributed by atoms with Crippen molar-refractivity contribution in [3.8, 4) is 17.1 Å². The van der Waals surface area contributed by atoms with Gasteiger partial charge in [-0.05, 0) is 22.9 Å². The molecule has 130 valence electrons. The Labute approximate surface area is 149 Å². The fourth-order valence-electron chi connectivity index (χ4n) is 2.50. The third-order valence-corrected chi connectivity index (χ3v) is 3.76. The molecule has 8 heteroatoms. The topological polar surface area (TPSA) is 91.8 Å². The van der Waals surface area contributed by atoms with Crippen molar-refractivity contribution in [3.63, 3.8) is 0 Å². The second kappa shape index (κ2) is 7.14. The van der Waals surface area contributed by atoms with Gasteiger partial charge in [-0.2, -0.15) is 4.80 Å². The molecule has 2 heterocycles. The predicted octanol–water partition coefficient (Wildman–Crippen LogP) is 2.37. The predicted molar refractivity (Wildman–Crippen MR) is 92.5 cm³/mol. The van der Waals surface area contributed by atoms with Gasteiger partial charge in [0.15, 0.2) is 0 Å². The fourth-order valence-corrected chi connectivity index (χ4v) is 2.50. The summed E-state index contributed by atoms with van der Waals surface area (Å²) in [5.74, 6) is 2.24. The Morgan fingerprint density at radius 3 is 2.65 bits per heavy atom. The molecule has 0 radical (unpaired) electrons. The number of nitrogens with zero attached hydrogens (tertiary/aromatic N) is 6. The normalized spacial score (nSPS) is 10.8. The van der Waals surface area contributed by atoms with Gasteiger partial charge >= 0.3 is 0 Å². The van der Waals surface area contributed by atoms with Crippen molar-refractivity contribution in [2.75, 3.05) is 7.11 Å². The number of hydrogen-bond donors (Lipinski definition) is 0. The Kier molecular flexibility index (Phi) is 4.38. The highest BCUT2D eigenvalue weighted by molar-refractivity contribution is 5.56. The van der Waals surface area contributed by atoms with Gasteiger partial charge in [0.25, 0.3) is 0 Å². The summed E-state index contributed by atoms with van der Waals surface area (Å²) in [5.41, 5.74) is 1.94. The molecule has 0 amide bonds. The van der Waals surface area contributed by atoms with Crippen molar-refractivity contribution >= 4 is 0 Å². The van der Waals surface area contributed by atoms with Crippen molar-refractivity contribution < 1.29 is 9.15 Å². The summed E-state index contributed by atoms with van der Waals surface area (Å²) in [4.78, 5) is 1.43. The molecular weight excluding hydrogens is 332 g/mol. The van der Waals surface area contributed by atoms with Crippen LogP contribution >= 0.6 is 0 Å². The lowest BCUT2D eigenvalue weighted by atomic mass is 10.2. The van der Waals surface area contributed by atoms with E-state index in [1.807, 2.05) is 54.6 Å². The third-order valence-electron chi connectivity index (χ3n) is 3.76.